The van der Waals surface area contributed by atoms with Crippen molar-refractivity contribution < 1.29 is 9.90 Å². The summed E-state index contributed by atoms with van der Waals surface area (Å²) in [6.07, 6.45) is 10.3. The molecule has 1 aromatic rings. The van der Waals surface area contributed by atoms with E-state index in [1.165, 1.54) is 32.1 Å². The van der Waals surface area contributed by atoms with Crippen LogP contribution in [0.3, 0.4) is 0 Å². The Kier molecular flexibility index (Phi) is 2.11. The van der Waals surface area contributed by atoms with Crippen LogP contribution in [0, 0.1) is 23.7 Å². The number of nitrogens with zero attached hydrogens (tertiary/aromatic N) is 2. The summed E-state index contributed by atoms with van der Waals surface area (Å²) >= 11 is 0. The molecule has 0 atom stereocenters. The summed E-state index contributed by atoms with van der Waals surface area (Å²) in [4.78, 5) is 14.9. The molecule has 0 aliphatic heterocycles. The first-order chi connectivity index (χ1) is 8.70. The Bertz CT molecular complexity index is 466. The van der Waals surface area contributed by atoms with Gasteiger partial charge in [-0.1, -0.05) is 0 Å². The summed E-state index contributed by atoms with van der Waals surface area (Å²) in [5.41, 5.74) is 0.184. The number of aromatic nitrogens is 2. The highest BCUT2D eigenvalue weighted by Gasteiger charge is 2.48. The maximum Gasteiger partial charge on any atom is 0.356 e. The Hall–Kier alpha value is -1.32. The van der Waals surface area contributed by atoms with Crippen molar-refractivity contribution in [2.75, 3.05) is 0 Å². The van der Waals surface area contributed by atoms with Gasteiger partial charge in [0.15, 0.2) is 5.69 Å². The molecule has 0 unspecified atom stereocenters. The number of carboxylic acid groups (broad SMARTS) is 1. The maximum atomic E-state index is 10.9. The van der Waals surface area contributed by atoms with Gasteiger partial charge >= 0.3 is 5.97 Å². The lowest BCUT2D eigenvalue weighted by atomic mass is 9.54. The molecule has 0 radical (unpaired) electrons. The molecule has 5 rings (SSSR count). The zero-order valence-electron chi connectivity index (χ0n) is 10.3. The average Bonchev–Trinajstić information content (AvgIpc) is 2.77. The quantitative estimate of drug-likeness (QED) is 0.872. The summed E-state index contributed by atoms with van der Waals surface area (Å²) < 4.78 is 2.09. The van der Waals surface area contributed by atoms with E-state index in [-0.39, 0.29) is 5.69 Å². The molecule has 4 nitrogen and oxygen atoms in total. The first-order valence-corrected chi connectivity index (χ1v) is 6.97. The van der Waals surface area contributed by atoms with Crippen molar-refractivity contribution in [3.8, 4) is 0 Å². The molecular formula is C14H18N2O2. The van der Waals surface area contributed by atoms with E-state index < -0.39 is 5.97 Å². The van der Waals surface area contributed by atoms with Crippen LogP contribution in [0.2, 0.25) is 0 Å². The van der Waals surface area contributed by atoms with Crippen molar-refractivity contribution in [2.45, 2.75) is 38.1 Å². The zero-order valence-corrected chi connectivity index (χ0v) is 10.3. The number of hydrogen-bond acceptors (Lipinski definition) is 2. The molecule has 4 fully saturated rings. The fraction of sp³-hybridized carbons (Fsp3) is 0.714. The minimum absolute atomic E-state index is 0.184. The molecule has 0 amide bonds. The SMILES string of the molecule is O=C(O)c1cn(C2C3CC4CC(C3)CC2C4)cn1. The monoisotopic (exact) mass is 246 g/mol. The molecule has 0 aromatic carbocycles. The molecule has 1 heterocycles. The molecule has 0 spiro atoms. The lowest BCUT2D eigenvalue weighted by Gasteiger charge is -2.54. The van der Waals surface area contributed by atoms with Crippen molar-refractivity contribution in [2.24, 2.45) is 23.7 Å². The van der Waals surface area contributed by atoms with Crippen LogP contribution >= 0.6 is 0 Å². The van der Waals surface area contributed by atoms with Crippen LogP contribution in [0.1, 0.15) is 48.6 Å². The molecule has 4 saturated carbocycles. The van der Waals surface area contributed by atoms with Gasteiger partial charge in [-0.05, 0) is 55.8 Å². The fourth-order valence-corrected chi connectivity index (χ4v) is 4.99. The van der Waals surface area contributed by atoms with E-state index in [2.05, 4.69) is 9.55 Å². The molecule has 18 heavy (non-hydrogen) atoms. The van der Waals surface area contributed by atoms with E-state index in [0.717, 1.165) is 23.7 Å². The lowest BCUT2D eigenvalue weighted by Crippen LogP contribution is -2.45. The van der Waals surface area contributed by atoms with Crippen LogP contribution in [0.15, 0.2) is 12.5 Å². The van der Waals surface area contributed by atoms with Crippen molar-refractivity contribution in [3.63, 3.8) is 0 Å². The molecule has 96 valence electrons. The number of rotatable bonds is 2. The Morgan fingerprint density at radius 3 is 2.28 bits per heavy atom. The van der Waals surface area contributed by atoms with E-state index >= 15 is 0 Å². The van der Waals surface area contributed by atoms with Gasteiger partial charge in [0.05, 0.1) is 6.33 Å². The number of carbonyl (C=O) groups is 1. The molecule has 4 heteroatoms. The van der Waals surface area contributed by atoms with Gasteiger partial charge in [-0.2, -0.15) is 0 Å². The second-order valence-electron chi connectivity index (χ2n) is 6.43. The van der Waals surface area contributed by atoms with E-state index in [1.807, 2.05) is 0 Å². The predicted octanol–water partition coefficient (Wildman–Crippen LogP) is 2.58. The van der Waals surface area contributed by atoms with Crippen LogP contribution in [-0.4, -0.2) is 20.6 Å². The summed E-state index contributed by atoms with van der Waals surface area (Å²) in [7, 11) is 0. The van der Waals surface area contributed by atoms with E-state index in [0.29, 0.717) is 6.04 Å². The summed E-state index contributed by atoms with van der Waals surface area (Å²) in [5.74, 6) is 2.50. The van der Waals surface area contributed by atoms with Gasteiger partial charge < -0.3 is 9.67 Å². The van der Waals surface area contributed by atoms with Crippen LogP contribution in [0.4, 0.5) is 0 Å². The van der Waals surface area contributed by atoms with Gasteiger partial charge in [-0.3, -0.25) is 0 Å². The van der Waals surface area contributed by atoms with Gasteiger partial charge in [-0.15, -0.1) is 0 Å². The molecule has 1 aromatic heterocycles. The van der Waals surface area contributed by atoms with Crippen LogP contribution in [0.25, 0.3) is 0 Å². The molecule has 1 N–H and O–H groups in total. The number of hydrogen-bond donors (Lipinski definition) is 1. The Morgan fingerprint density at radius 1 is 1.17 bits per heavy atom. The van der Waals surface area contributed by atoms with Gasteiger partial charge in [0.25, 0.3) is 0 Å². The zero-order chi connectivity index (χ0) is 12.3. The minimum Gasteiger partial charge on any atom is -0.476 e. The Labute approximate surface area is 106 Å². The largest absolute Gasteiger partial charge is 0.476 e. The highest BCUT2D eigenvalue weighted by molar-refractivity contribution is 5.84. The molecular weight excluding hydrogens is 228 g/mol. The normalized spacial score (nSPS) is 41.2. The molecule has 4 aliphatic rings. The van der Waals surface area contributed by atoms with Gasteiger partial charge in [-0.25, -0.2) is 9.78 Å². The summed E-state index contributed by atoms with van der Waals surface area (Å²) in [6.45, 7) is 0. The van der Waals surface area contributed by atoms with Gasteiger partial charge in [0.2, 0.25) is 0 Å². The van der Waals surface area contributed by atoms with E-state index in [1.54, 1.807) is 12.5 Å². The van der Waals surface area contributed by atoms with E-state index in [9.17, 15) is 4.79 Å². The predicted molar refractivity (Wildman–Crippen MR) is 65.3 cm³/mol. The maximum absolute atomic E-state index is 10.9. The second-order valence-corrected chi connectivity index (χ2v) is 6.43. The second kappa shape index (κ2) is 3.59. The Balaban J connectivity index is 1.66. The first-order valence-electron chi connectivity index (χ1n) is 6.97. The van der Waals surface area contributed by atoms with Crippen LogP contribution in [0.5, 0.6) is 0 Å². The highest BCUT2D eigenvalue weighted by Crippen LogP contribution is 2.58. The van der Waals surface area contributed by atoms with Crippen molar-refractivity contribution >= 4 is 5.97 Å². The lowest BCUT2D eigenvalue weighted by molar-refractivity contribution is -0.0292. The van der Waals surface area contributed by atoms with Gasteiger partial charge in [0, 0.05) is 12.2 Å². The third-order valence-corrected chi connectivity index (χ3v) is 5.34. The van der Waals surface area contributed by atoms with Crippen molar-refractivity contribution in [1.29, 1.82) is 0 Å². The van der Waals surface area contributed by atoms with Crippen LogP contribution in [-0.2, 0) is 0 Å². The molecule has 0 saturated heterocycles. The smallest absolute Gasteiger partial charge is 0.356 e. The number of imidazole rings is 1. The van der Waals surface area contributed by atoms with Crippen molar-refractivity contribution in [3.05, 3.63) is 18.2 Å². The third-order valence-electron chi connectivity index (χ3n) is 5.34. The van der Waals surface area contributed by atoms with Crippen molar-refractivity contribution in [1.82, 2.24) is 9.55 Å². The van der Waals surface area contributed by atoms with E-state index in [4.69, 9.17) is 5.11 Å². The third kappa shape index (κ3) is 1.44. The average molecular weight is 246 g/mol. The standard InChI is InChI=1S/C14H18N2O2/c17-14(18)12-6-16(7-15-12)13-10-2-8-1-9(4-10)5-11(13)3-8/h6-11,13H,1-5H2,(H,17,18). The van der Waals surface area contributed by atoms with Gasteiger partial charge in [0.1, 0.15) is 0 Å². The number of carboxylic acids is 1. The topological polar surface area (TPSA) is 55.1 Å². The summed E-state index contributed by atoms with van der Waals surface area (Å²) in [5, 5.41) is 8.97. The summed E-state index contributed by atoms with van der Waals surface area (Å²) in [6, 6.07) is 0.512. The highest BCUT2D eigenvalue weighted by atomic mass is 16.4. The minimum atomic E-state index is -0.919. The molecule has 4 bridgehead atoms. The number of aromatic carboxylic acids is 1. The Morgan fingerprint density at radius 2 is 1.78 bits per heavy atom. The first kappa shape index (κ1) is 10.6. The fourth-order valence-electron chi connectivity index (χ4n) is 4.99. The molecule has 4 aliphatic carbocycles. The van der Waals surface area contributed by atoms with Crippen LogP contribution < -0.4 is 0 Å².